The molecular weight excluding hydrogens is 406 g/mol. The summed E-state index contributed by atoms with van der Waals surface area (Å²) < 4.78 is 11.3. The summed E-state index contributed by atoms with van der Waals surface area (Å²) in [5, 5.41) is 8.11. The highest BCUT2D eigenvalue weighted by Crippen LogP contribution is 2.23. The third kappa shape index (κ3) is 5.41. The maximum atomic E-state index is 12.3. The van der Waals surface area contributed by atoms with Crippen molar-refractivity contribution in [1.82, 2.24) is 10.2 Å². The Labute approximate surface area is 187 Å². The van der Waals surface area contributed by atoms with Crippen molar-refractivity contribution in [2.45, 2.75) is 45.6 Å². The van der Waals surface area contributed by atoms with Crippen LogP contribution in [0.3, 0.4) is 0 Å². The Morgan fingerprint density at radius 1 is 1.03 bits per heavy atom. The lowest BCUT2D eigenvalue weighted by atomic mass is 10.1. The Kier molecular flexibility index (Phi) is 6.63. The van der Waals surface area contributed by atoms with Gasteiger partial charge < -0.3 is 14.1 Å². The fourth-order valence-electron chi connectivity index (χ4n) is 3.76. The minimum Gasteiger partial charge on any atom is -0.462 e. The second kappa shape index (κ2) is 9.77. The van der Waals surface area contributed by atoms with Crippen LogP contribution in [0.5, 0.6) is 0 Å². The van der Waals surface area contributed by atoms with Gasteiger partial charge in [-0.05, 0) is 50.2 Å². The van der Waals surface area contributed by atoms with Crippen LogP contribution in [0, 0.1) is 6.92 Å². The highest BCUT2D eigenvalue weighted by atomic mass is 16.5. The zero-order valence-corrected chi connectivity index (χ0v) is 18.4. The summed E-state index contributed by atoms with van der Waals surface area (Å²) in [5.41, 5.74) is 3.82. The molecule has 7 nitrogen and oxygen atoms in total. The van der Waals surface area contributed by atoms with Crippen LogP contribution in [-0.4, -0.2) is 41.1 Å². The van der Waals surface area contributed by atoms with Crippen LogP contribution in [-0.2, 0) is 16.0 Å². The molecule has 0 spiro atoms. The number of benzene rings is 2. The molecule has 2 heterocycles. The predicted octanol–water partition coefficient (Wildman–Crippen LogP) is 4.39. The first-order valence-electron chi connectivity index (χ1n) is 10.9. The number of nitrogens with zero attached hydrogens (tertiary/aromatic N) is 3. The fourth-order valence-corrected chi connectivity index (χ4v) is 3.76. The number of aryl methyl sites for hydroxylation is 2. The summed E-state index contributed by atoms with van der Waals surface area (Å²) in [7, 11) is 0. The van der Waals surface area contributed by atoms with E-state index in [1.54, 1.807) is 6.92 Å². The molecule has 0 bridgehead atoms. The van der Waals surface area contributed by atoms with Crippen LogP contribution in [0.25, 0.3) is 11.5 Å². The lowest BCUT2D eigenvalue weighted by molar-refractivity contribution is -0.150. The van der Waals surface area contributed by atoms with Gasteiger partial charge in [0.15, 0.2) is 5.78 Å². The van der Waals surface area contributed by atoms with Gasteiger partial charge in [0.25, 0.3) is 0 Å². The average Bonchev–Trinajstić information content (AvgIpc) is 3.28. The summed E-state index contributed by atoms with van der Waals surface area (Å²) in [6.45, 7) is 5.20. The first-order chi connectivity index (χ1) is 15.5. The number of esters is 1. The molecule has 1 aliphatic heterocycles. The standard InChI is InChI=1S/C25H27N3O4/c1-17-3-5-20(6-4-17)25-27-26-23(32-25)11-12-24(30)31-22-13-15-28(16-14-22)21-9-7-19(8-10-21)18(2)29/h3-10,22H,11-16H2,1-2H3. The molecule has 7 heteroatoms. The Morgan fingerprint density at radius 3 is 2.38 bits per heavy atom. The van der Waals surface area contributed by atoms with Gasteiger partial charge in [-0.2, -0.15) is 0 Å². The van der Waals surface area contributed by atoms with E-state index in [2.05, 4.69) is 15.1 Å². The first kappa shape index (κ1) is 21.7. The SMILES string of the molecule is CC(=O)c1ccc(N2CCC(OC(=O)CCc3nnc(-c4ccc(C)cc4)o3)CC2)cc1. The minimum absolute atomic E-state index is 0.0640. The molecule has 166 valence electrons. The number of hydrogen-bond acceptors (Lipinski definition) is 7. The molecule has 4 rings (SSSR count). The topological polar surface area (TPSA) is 85.5 Å². The second-order valence-corrected chi connectivity index (χ2v) is 8.15. The number of carbonyl (C=O) groups is 2. The molecule has 1 fully saturated rings. The van der Waals surface area contributed by atoms with Crippen molar-refractivity contribution in [1.29, 1.82) is 0 Å². The van der Waals surface area contributed by atoms with Crippen molar-refractivity contribution in [3.05, 3.63) is 65.5 Å². The molecule has 1 saturated heterocycles. The van der Waals surface area contributed by atoms with Gasteiger partial charge in [-0.15, -0.1) is 10.2 Å². The van der Waals surface area contributed by atoms with Gasteiger partial charge in [-0.1, -0.05) is 17.7 Å². The third-order valence-electron chi connectivity index (χ3n) is 5.69. The number of anilines is 1. The molecule has 0 radical (unpaired) electrons. The number of aromatic nitrogens is 2. The van der Waals surface area contributed by atoms with Crippen LogP contribution in [0.2, 0.25) is 0 Å². The highest BCUT2D eigenvalue weighted by Gasteiger charge is 2.23. The van der Waals surface area contributed by atoms with E-state index in [-0.39, 0.29) is 24.3 Å². The van der Waals surface area contributed by atoms with Crippen LogP contribution < -0.4 is 4.90 Å². The van der Waals surface area contributed by atoms with Gasteiger partial charge in [0.2, 0.25) is 11.8 Å². The van der Waals surface area contributed by atoms with E-state index in [4.69, 9.17) is 9.15 Å². The van der Waals surface area contributed by atoms with Crippen LogP contribution >= 0.6 is 0 Å². The van der Waals surface area contributed by atoms with Crippen molar-refractivity contribution < 1.29 is 18.7 Å². The summed E-state index contributed by atoms with van der Waals surface area (Å²) in [6, 6.07) is 15.5. The van der Waals surface area contributed by atoms with Crippen molar-refractivity contribution in [2.24, 2.45) is 0 Å². The van der Waals surface area contributed by atoms with E-state index < -0.39 is 0 Å². The van der Waals surface area contributed by atoms with E-state index in [9.17, 15) is 9.59 Å². The first-order valence-corrected chi connectivity index (χ1v) is 10.9. The number of rotatable bonds is 7. The smallest absolute Gasteiger partial charge is 0.306 e. The molecule has 2 aromatic carbocycles. The third-order valence-corrected chi connectivity index (χ3v) is 5.69. The van der Waals surface area contributed by atoms with Gasteiger partial charge >= 0.3 is 5.97 Å². The van der Waals surface area contributed by atoms with Gasteiger partial charge in [0.1, 0.15) is 6.10 Å². The Bertz CT molecular complexity index is 1070. The lowest BCUT2D eigenvalue weighted by Gasteiger charge is -2.33. The molecule has 0 N–H and O–H groups in total. The molecule has 0 saturated carbocycles. The van der Waals surface area contributed by atoms with Crippen molar-refractivity contribution in [3.8, 4) is 11.5 Å². The summed E-state index contributed by atoms with van der Waals surface area (Å²) in [4.78, 5) is 26.0. The zero-order valence-electron chi connectivity index (χ0n) is 18.4. The monoisotopic (exact) mass is 433 g/mol. The maximum Gasteiger partial charge on any atom is 0.306 e. The van der Waals surface area contributed by atoms with Crippen molar-refractivity contribution >= 4 is 17.4 Å². The van der Waals surface area contributed by atoms with Crippen LogP contribution in [0.1, 0.15) is 48.0 Å². The van der Waals surface area contributed by atoms with Gasteiger partial charge in [0, 0.05) is 49.2 Å². The van der Waals surface area contributed by atoms with E-state index in [1.807, 2.05) is 55.5 Å². The quantitative estimate of drug-likeness (QED) is 0.403. The van der Waals surface area contributed by atoms with Gasteiger partial charge in [0.05, 0.1) is 6.42 Å². The number of ketones is 1. The number of ether oxygens (including phenoxy) is 1. The average molecular weight is 434 g/mol. The fraction of sp³-hybridized carbons (Fsp3) is 0.360. The van der Waals surface area contributed by atoms with Crippen molar-refractivity contribution in [2.75, 3.05) is 18.0 Å². The normalized spacial score (nSPS) is 14.4. The molecule has 0 atom stereocenters. The predicted molar refractivity (Wildman–Crippen MR) is 121 cm³/mol. The number of hydrogen-bond donors (Lipinski definition) is 0. The Morgan fingerprint density at radius 2 is 1.72 bits per heavy atom. The van der Waals surface area contributed by atoms with E-state index >= 15 is 0 Å². The summed E-state index contributed by atoms with van der Waals surface area (Å²) in [5.74, 6) is 0.705. The summed E-state index contributed by atoms with van der Waals surface area (Å²) >= 11 is 0. The van der Waals surface area contributed by atoms with Gasteiger partial charge in [-0.3, -0.25) is 9.59 Å². The molecule has 1 aliphatic rings. The highest BCUT2D eigenvalue weighted by molar-refractivity contribution is 5.94. The Hall–Kier alpha value is -3.48. The minimum atomic E-state index is -0.246. The molecule has 1 aromatic heterocycles. The molecular formula is C25H27N3O4. The van der Waals surface area contributed by atoms with E-state index in [0.717, 1.165) is 42.7 Å². The lowest BCUT2D eigenvalue weighted by Crippen LogP contribution is -2.37. The second-order valence-electron chi connectivity index (χ2n) is 8.15. The molecule has 0 aliphatic carbocycles. The number of Topliss-reactive ketones (excluding diaryl/α,β-unsaturated/α-hetero) is 1. The molecule has 0 unspecified atom stereocenters. The number of carbonyl (C=O) groups excluding carboxylic acids is 2. The van der Waals surface area contributed by atoms with Crippen LogP contribution in [0.15, 0.2) is 52.9 Å². The van der Waals surface area contributed by atoms with Crippen molar-refractivity contribution in [3.63, 3.8) is 0 Å². The molecule has 3 aromatic rings. The van der Waals surface area contributed by atoms with E-state index in [1.165, 1.54) is 0 Å². The van der Waals surface area contributed by atoms with Crippen LogP contribution in [0.4, 0.5) is 5.69 Å². The summed E-state index contributed by atoms with van der Waals surface area (Å²) in [6.07, 6.45) is 2.04. The van der Waals surface area contributed by atoms with Gasteiger partial charge in [-0.25, -0.2) is 0 Å². The largest absolute Gasteiger partial charge is 0.462 e. The maximum absolute atomic E-state index is 12.3. The zero-order chi connectivity index (χ0) is 22.5. The molecule has 32 heavy (non-hydrogen) atoms. The Balaban J connectivity index is 1.22. The van der Waals surface area contributed by atoms with E-state index in [0.29, 0.717) is 23.8 Å². The number of piperidine rings is 1. The molecule has 0 amide bonds.